The van der Waals surface area contributed by atoms with Gasteiger partial charge in [-0.15, -0.1) is 0 Å². The number of methoxy groups -OCH3 is 2. The zero-order valence-corrected chi connectivity index (χ0v) is 13.5. The smallest absolute Gasteiger partial charge is 0.130 e. The second-order valence-corrected chi connectivity index (χ2v) is 5.43. The van der Waals surface area contributed by atoms with Crippen LogP contribution in [0.1, 0.15) is 11.1 Å². The molecular formula is C21H20O2. The maximum Gasteiger partial charge on any atom is 0.130 e. The molecule has 23 heavy (non-hydrogen) atoms. The molecule has 0 radical (unpaired) electrons. The largest absolute Gasteiger partial charge is 0.497 e. The Hall–Kier alpha value is -2.74. The van der Waals surface area contributed by atoms with E-state index in [4.69, 9.17) is 9.47 Å². The normalized spacial score (nSPS) is 10.3. The second-order valence-electron chi connectivity index (χ2n) is 5.43. The molecule has 0 saturated heterocycles. The maximum atomic E-state index is 5.52. The molecule has 3 aromatic carbocycles. The second kappa shape index (κ2) is 7.01. The Labute approximate surface area is 137 Å². The van der Waals surface area contributed by atoms with Crippen molar-refractivity contribution in [1.29, 1.82) is 0 Å². The monoisotopic (exact) mass is 304 g/mol. The molecule has 0 heterocycles. The third kappa shape index (κ3) is 3.54. The Morgan fingerprint density at radius 1 is 0.696 bits per heavy atom. The molecule has 0 spiro atoms. The predicted octanol–water partition coefficient (Wildman–Crippen LogP) is 4.96. The summed E-state index contributed by atoms with van der Waals surface area (Å²) in [6, 6.07) is 25.0. The van der Waals surface area contributed by atoms with Crippen LogP contribution in [0.4, 0.5) is 0 Å². The molecule has 0 unspecified atom stereocenters. The Bertz CT molecular complexity index is 779. The van der Waals surface area contributed by atoms with E-state index in [1.165, 1.54) is 11.1 Å². The van der Waals surface area contributed by atoms with Crippen molar-refractivity contribution >= 4 is 0 Å². The highest BCUT2D eigenvalue weighted by atomic mass is 16.5. The number of hydrogen-bond donors (Lipinski definition) is 0. The molecule has 0 aliphatic rings. The molecule has 0 saturated carbocycles. The summed E-state index contributed by atoms with van der Waals surface area (Å²) in [4.78, 5) is 0. The Morgan fingerprint density at radius 2 is 1.48 bits per heavy atom. The van der Waals surface area contributed by atoms with Crippen molar-refractivity contribution in [1.82, 2.24) is 0 Å². The number of benzene rings is 3. The summed E-state index contributed by atoms with van der Waals surface area (Å²) in [6.45, 7) is 0. The zero-order chi connectivity index (χ0) is 16.1. The van der Waals surface area contributed by atoms with Gasteiger partial charge in [0.15, 0.2) is 0 Å². The summed E-state index contributed by atoms with van der Waals surface area (Å²) in [5.41, 5.74) is 4.82. The van der Waals surface area contributed by atoms with Gasteiger partial charge in [-0.3, -0.25) is 0 Å². The molecule has 0 N–H and O–H groups in total. The highest BCUT2D eigenvalue weighted by molar-refractivity contribution is 5.72. The molecule has 0 aliphatic heterocycles. The Kier molecular flexibility index (Phi) is 4.62. The lowest BCUT2D eigenvalue weighted by molar-refractivity contribution is 0.395. The van der Waals surface area contributed by atoms with Crippen LogP contribution in [0.2, 0.25) is 0 Å². The first-order valence-corrected chi connectivity index (χ1v) is 7.65. The minimum absolute atomic E-state index is 0.797. The standard InChI is InChI=1S/C21H20O2/c1-22-19-11-12-20(21(15-19)23-2)18-10-6-9-17(14-18)13-16-7-4-3-5-8-16/h3-12,14-15H,13H2,1-2H3. The number of ether oxygens (including phenoxy) is 2. The summed E-state index contributed by atoms with van der Waals surface area (Å²) in [7, 11) is 3.35. The van der Waals surface area contributed by atoms with Gasteiger partial charge in [-0.2, -0.15) is 0 Å². The van der Waals surface area contributed by atoms with Crippen LogP contribution < -0.4 is 9.47 Å². The number of hydrogen-bond acceptors (Lipinski definition) is 2. The van der Waals surface area contributed by atoms with Crippen molar-refractivity contribution in [3.63, 3.8) is 0 Å². The summed E-state index contributed by atoms with van der Waals surface area (Å²) in [6.07, 6.45) is 0.924. The lowest BCUT2D eigenvalue weighted by Gasteiger charge is -2.12. The molecule has 2 heteroatoms. The van der Waals surface area contributed by atoms with E-state index in [1.807, 2.05) is 24.3 Å². The molecule has 0 atom stereocenters. The van der Waals surface area contributed by atoms with E-state index in [2.05, 4.69) is 48.5 Å². The minimum Gasteiger partial charge on any atom is -0.497 e. The van der Waals surface area contributed by atoms with Crippen LogP contribution >= 0.6 is 0 Å². The molecule has 3 rings (SSSR count). The fourth-order valence-corrected chi connectivity index (χ4v) is 2.72. The molecule has 0 aliphatic carbocycles. The van der Waals surface area contributed by atoms with Crippen molar-refractivity contribution in [3.05, 3.63) is 83.9 Å². The van der Waals surface area contributed by atoms with Gasteiger partial charge in [0.2, 0.25) is 0 Å². The first kappa shape index (κ1) is 15.2. The van der Waals surface area contributed by atoms with Gasteiger partial charge >= 0.3 is 0 Å². The van der Waals surface area contributed by atoms with E-state index in [0.29, 0.717) is 0 Å². The molecular weight excluding hydrogens is 284 g/mol. The summed E-state index contributed by atoms with van der Waals surface area (Å²) in [5.74, 6) is 1.62. The van der Waals surface area contributed by atoms with Gasteiger partial charge in [0.1, 0.15) is 11.5 Å². The fraction of sp³-hybridized carbons (Fsp3) is 0.143. The van der Waals surface area contributed by atoms with Crippen LogP contribution in [0.25, 0.3) is 11.1 Å². The Morgan fingerprint density at radius 3 is 2.22 bits per heavy atom. The summed E-state index contributed by atoms with van der Waals surface area (Å²) < 4.78 is 10.8. The minimum atomic E-state index is 0.797. The van der Waals surface area contributed by atoms with Gasteiger partial charge in [-0.25, -0.2) is 0 Å². The van der Waals surface area contributed by atoms with Crippen molar-refractivity contribution in [2.24, 2.45) is 0 Å². The van der Waals surface area contributed by atoms with Crippen LogP contribution in [0.5, 0.6) is 11.5 Å². The van der Waals surface area contributed by atoms with Crippen molar-refractivity contribution in [3.8, 4) is 22.6 Å². The first-order chi connectivity index (χ1) is 11.3. The van der Waals surface area contributed by atoms with Crippen LogP contribution in [0.15, 0.2) is 72.8 Å². The fourth-order valence-electron chi connectivity index (χ4n) is 2.72. The molecule has 3 aromatic rings. The zero-order valence-electron chi connectivity index (χ0n) is 13.5. The van der Waals surface area contributed by atoms with Crippen molar-refractivity contribution in [2.75, 3.05) is 14.2 Å². The first-order valence-electron chi connectivity index (χ1n) is 7.65. The van der Waals surface area contributed by atoms with Crippen LogP contribution in [0.3, 0.4) is 0 Å². The van der Waals surface area contributed by atoms with Crippen LogP contribution in [-0.2, 0) is 6.42 Å². The quantitative estimate of drug-likeness (QED) is 0.663. The highest BCUT2D eigenvalue weighted by Crippen LogP contribution is 2.33. The molecule has 0 fully saturated rings. The van der Waals surface area contributed by atoms with Gasteiger partial charge in [0.25, 0.3) is 0 Å². The lowest BCUT2D eigenvalue weighted by Crippen LogP contribution is -1.92. The Balaban J connectivity index is 1.93. The van der Waals surface area contributed by atoms with Crippen LogP contribution in [0, 0.1) is 0 Å². The van der Waals surface area contributed by atoms with E-state index in [1.54, 1.807) is 14.2 Å². The highest BCUT2D eigenvalue weighted by Gasteiger charge is 2.08. The average Bonchev–Trinajstić information content (AvgIpc) is 2.62. The molecule has 2 nitrogen and oxygen atoms in total. The molecule has 0 amide bonds. The van der Waals surface area contributed by atoms with Gasteiger partial charge in [0.05, 0.1) is 14.2 Å². The SMILES string of the molecule is COc1ccc(-c2cccc(Cc3ccccc3)c2)c(OC)c1. The van der Waals surface area contributed by atoms with E-state index < -0.39 is 0 Å². The van der Waals surface area contributed by atoms with E-state index in [-0.39, 0.29) is 0 Å². The average molecular weight is 304 g/mol. The van der Waals surface area contributed by atoms with Gasteiger partial charge in [-0.1, -0.05) is 54.6 Å². The van der Waals surface area contributed by atoms with E-state index >= 15 is 0 Å². The van der Waals surface area contributed by atoms with Gasteiger partial charge < -0.3 is 9.47 Å². The maximum absolute atomic E-state index is 5.52. The number of rotatable bonds is 5. The predicted molar refractivity (Wildman–Crippen MR) is 94.2 cm³/mol. The summed E-state index contributed by atoms with van der Waals surface area (Å²) in [5, 5.41) is 0. The summed E-state index contributed by atoms with van der Waals surface area (Å²) >= 11 is 0. The topological polar surface area (TPSA) is 18.5 Å². The molecule has 0 aromatic heterocycles. The van der Waals surface area contributed by atoms with Gasteiger partial charge in [0, 0.05) is 11.6 Å². The lowest BCUT2D eigenvalue weighted by atomic mass is 9.98. The van der Waals surface area contributed by atoms with Crippen molar-refractivity contribution in [2.45, 2.75) is 6.42 Å². The van der Waals surface area contributed by atoms with Crippen molar-refractivity contribution < 1.29 is 9.47 Å². The van der Waals surface area contributed by atoms with Crippen LogP contribution in [-0.4, -0.2) is 14.2 Å². The third-order valence-corrected chi connectivity index (χ3v) is 3.90. The van der Waals surface area contributed by atoms with E-state index in [0.717, 1.165) is 29.0 Å². The van der Waals surface area contributed by atoms with Gasteiger partial charge in [-0.05, 0) is 35.2 Å². The third-order valence-electron chi connectivity index (χ3n) is 3.90. The molecule has 116 valence electrons. The molecule has 0 bridgehead atoms. The van der Waals surface area contributed by atoms with E-state index in [9.17, 15) is 0 Å².